The van der Waals surface area contributed by atoms with Crippen LogP contribution in [0.25, 0.3) is 0 Å². The molecule has 3 rings (SSSR count). The number of carbonyl (C=O) groups excluding carboxylic acids is 1. The first kappa shape index (κ1) is 26.1. The first-order chi connectivity index (χ1) is 15.1. The highest BCUT2D eigenvalue weighted by atomic mass is 127. The molecule has 1 amide bonds. The molecule has 0 unspecified atom stereocenters. The van der Waals surface area contributed by atoms with Crippen LogP contribution in [0.4, 0.5) is 0 Å². The summed E-state index contributed by atoms with van der Waals surface area (Å²) in [6.07, 6.45) is 2.64. The van der Waals surface area contributed by atoms with E-state index < -0.39 is 0 Å². The lowest BCUT2D eigenvalue weighted by Gasteiger charge is -2.14. The molecule has 0 radical (unpaired) electrons. The molecule has 2 aromatic carbocycles. The number of halogens is 1. The Morgan fingerprint density at radius 2 is 1.66 bits per heavy atom. The molecule has 3 N–H and O–H groups in total. The lowest BCUT2D eigenvalue weighted by molar-refractivity contribution is 0.0954. The average Bonchev–Trinajstić information content (AvgIpc) is 3.29. The molecule has 7 heteroatoms. The number of rotatable bonds is 9. The number of aryl methyl sites for hydroxylation is 1. The molecule has 6 nitrogen and oxygen atoms in total. The number of hydrogen-bond acceptors (Lipinski definition) is 3. The molecule has 1 saturated heterocycles. The highest BCUT2D eigenvalue weighted by Crippen LogP contribution is 2.13. The molecular formula is C25H36IN5O. The molecule has 1 heterocycles. The quantitative estimate of drug-likeness (QED) is 0.193. The molecule has 0 aromatic heterocycles. The number of nitrogens with one attached hydrogen (secondary N) is 3. The third kappa shape index (κ3) is 8.78. The SMILES string of the molecule is CCNC(=NCc1ccc(CN2CCCC2)cc1)NCCNC(=O)c1cccc(C)c1.I. The van der Waals surface area contributed by atoms with Gasteiger partial charge in [0, 0.05) is 31.7 Å². The van der Waals surface area contributed by atoms with E-state index in [-0.39, 0.29) is 29.9 Å². The summed E-state index contributed by atoms with van der Waals surface area (Å²) in [6.45, 7) is 10.1. The van der Waals surface area contributed by atoms with Crippen LogP contribution in [0, 0.1) is 6.92 Å². The van der Waals surface area contributed by atoms with E-state index in [1.807, 2.05) is 38.1 Å². The largest absolute Gasteiger partial charge is 0.357 e. The van der Waals surface area contributed by atoms with Gasteiger partial charge in [0.15, 0.2) is 5.96 Å². The van der Waals surface area contributed by atoms with Gasteiger partial charge in [0.1, 0.15) is 0 Å². The van der Waals surface area contributed by atoms with E-state index in [1.165, 1.54) is 37.1 Å². The molecule has 2 aromatic rings. The summed E-state index contributed by atoms with van der Waals surface area (Å²) in [5.41, 5.74) is 4.32. The number of amides is 1. The van der Waals surface area contributed by atoms with E-state index in [1.54, 1.807) is 0 Å². The molecule has 0 saturated carbocycles. The van der Waals surface area contributed by atoms with E-state index >= 15 is 0 Å². The fraction of sp³-hybridized carbons (Fsp3) is 0.440. The van der Waals surface area contributed by atoms with Crippen molar-refractivity contribution in [1.82, 2.24) is 20.9 Å². The maximum Gasteiger partial charge on any atom is 0.251 e. The van der Waals surface area contributed by atoms with Crippen LogP contribution >= 0.6 is 24.0 Å². The number of hydrogen-bond donors (Lipinski definition) is 3. The van der Waals surface area contributed by atoms with Crippen LogP contribution in [-0.4, -0.2) is 49.5 Å². The Labute approximate surface area is 209 Å². The summed E-state index contributed by atoms with van der Waals surface area (Å²) >= 11 is 0. The predicted molar refractivity (Wildman–Crippen MR) is 143 cm³/mol. The zero-order valence-corrected chi connectivity index (χ0v) is 21.5. The maximum atomic E-state index is 12.2. The van der Waals surface area contributed by atoms with Crippen LogP contribution in [0.2, 0.25) is 0 Å². The maximum absolute atomic E-state index is 12.2. The van der Waals surface area contributed by atoms with E-state index in [0.29, 0.717) is 25.2 Å². The lowest BCUT2D eigenvalue weighted by Crippen LogP contribution is -2.41. The third-order valence-corrected chi connectivity index (χ3v) is 5.38. The second-order valence-electron chi connectivity index (χ2n) is 8.05. The topological polar surface area (TPSA) is 68.8 Å². The molecule has 1 fully saturated rings. The van der Waals surface area contributed by atoms with Gasteiger partial charge in [0.25, 0.3) is 5.91 Å². The van der Waals surface area contributed by atoms with Crippen LogP contribution in [0.1, 0.15) is 46.8 Å². The molecule has 1 aliphatic heterocycles. The van der Waals surface area contributed by atoms with Crippen molar-refractivity contribution in [3.63, 3.8) is 0 Å². The zero-order valence-electron chi connectivity index (χ0n) is 19.2. The standard InChI is InChI=1S/C25H35N5O.HI/c1-3-26-25(28-14-13-27-24(31)23-8-6-7-20(2)17-23)29-18-21-9-11-22(12-10-21)19-30-15-4-5-16-30;/h6-12,17H,3-5,13-16,18-19H2,1-2H3,(H,27,31)(H2,26,28,29);1H. The molecule has 0 bridgehead atoms. The summed E-state index contributed by atoms with van der Waals surface area (Å²) < 4.78 is 0. The molecule has 32 heavy (non-hydrogen) atoms. The van der Waals surface area contributed by atoms with Crippen molar-refractivity contribution in [3.05, 3.63) is 70.8 Å². The van der Waals surface area contributed by atoms with Gasteiger partial charge in [-0.05, 0) is 63.0 Å². The Morgan fingerprint density at radius 3 is 2.34 bits per heavy atom. The number of aliphatic imine (C=N–C) groups is 1. The third-order valence-electron chi connectivity index (χ3n) is 5.38. The number of carbonyl (C=O) groups is 1. The van der Waals surface area contributed by atoms with Crippen molar-refractivity contribution in [1.29, 1.82) is 0 Å². The number of benzene rings is 2. The molecule has 0 atom stereocenters. The van der Waals surface area contributed by atoms with Crippen LogP contribution in [0.3, 0.4) is 0 Å². The fourth-order valence-corrected chi connectivity index (χ4v) is 3.71. The van der Waals surface area contributed by atoms with E-state index in [2.05, 4.69) is 50.1 Å². The van der Waals surface area contributed by atoms with Crippen molar-refractivity contribution < 1.29 is 4.79 Å². The van der Waals surface area contributed by atoms with E-state index in [0.717, 1.165) is 24.6 Å². The van der Waals surface area contributed by atoms with Crippen molar-refractivity contribution in [2.24, 2.45) is 4.99 Å². The van der Waals surface area contributed by atoms with Gasteiger partial charge >= 0.3 is 0 Å². The van der Waals surface area contributed by atoms with Gasteiger partial charge in [-0.3, -0.25) is 9.69 Å². The van der Waals surface area contributed by atoms with Gasteiger partial charge in [0.2, 0.25) is 0 Å². The lowest BCUT2D eigenvalue weighted by atomic mass is 10.1. The minimum absolute atomic E-state index is 0. The first-order valence-corrected chi connectivity index (χ1v) is 11.3. The van der Waals surface area contributed by atoms with Crippen molar-refractivity contribution >= 4 is 35.8 Å². The van der Waals surface area contributed by atoms with Crippen molar-refractivity contribution in [3.8, 4) is 0 Å². The van der Waals surface area contributed by atoms with Gasteiger partial charge in [-0.25, -0.2) is 4.99 Å². The summed E-state index contributed by atoms with van der Waals surface area (Å²) in [5.74, 6) is 0.704. The van der Waals surface area contributed by atoms with Crippen LogP contribution in [0.15, 0.2) is 53.5 Å². The van der Waals surface area contributed by atoms with Gasteiger partial charge in [-0.1, -0.05) is 42.0 Å². The van der Waals surface area contributed by atoms with Crippen LogP contribution < -0.4 is 16.0 Å². The predicted octanol–water partition coefficient (Wildman–Crippen LogP) is 3.69. The van der Waals surface area contributed by atoms with Crippen LogP contribution in [0.5, 0.6) is 0 Å². The Kier molecular flexibility index (Phi) is 11.5. The Morgan fingerprint density at radius 1 is 0.969 bits per heavy atom. The molecule has 1 aliphatic rings. The second-order valence-corrected chi connectivity index (χ2v) is 8.05. The minimum atomic E-state index is -0.0542. The molecule has 0 aliphatic carbocycles. The summed E-state index contributed by atoms with van der Waals surface area (Å²) in [5, 5.41) is 9.49. The Hall–Kier alpha value is -2.13. The van der Waals surface area contributed by atoms with Crippen molar-refractivity contribution in [2.75, 3.05) is 32.7 Å². The highest BCUT2D eigenvalue weighted by molar-refractivity contribution is 14.0. The summed E-state index contributed by atoms with van der Waals surface area (Å²) in [4.78, 5) is 19.4. The van der Waals surface area contributed by atoms with Gasteiger partial charge in [0.05, 0.1) is 6.54 Å². The fourth-order valence-electron chi connectivity index (χ4n) is 3.71. The second kappa shape index (κ2) is 14.1. The van der Waals surface area contributed by atoms with Gasteiger partial charge in [-0.15, -0.1) is 24.0 Å². The van der Waals surface area contributed by atoms with Gasteiger partial charge < -0.3 is 16.0 Å². The number of likely N-dealkylation sites (tertiary alicyclic amines) is 1. The van der Waals surface area contributed by atoms with Crippen LogP contribution in [-0.2, 0) is 13.1 Å². The number of guanidine groups is 1. The number of nitrogens with zero attached hydrogens (tertiary/aromatic N) is 2. The van der Waals surface area contributed by atoms with E-state index in [9.17, 15) is 4.79 Å². The zero-order chi connectivity index (χ0) is 21.9. The molecule has 174 valence electrons. The Balaban J connectivity index is 0.00000363. The van der Waals surface area contributed by atoms with E-state index in [4.69, 9.17) is 0 Å². The Bertz CT molecular complexity index is 863. The van der Waals surface area contributed by atoms with Gasteiger partial charge in [-0.2, -0.15) is 0 Å². The minimum Gasteiger partial charge on any atom is -0.357 e. The summed E-state index contributed by atoms with van der Waals surface area (Å²) in [6, 6.07) is 16.4. The van der Waals surface area contributed by atoms with Crippen molar-refractivity contribution in [2.45, 2.75) is 39.8 Å². The molecule has 0 spiro atoms. The normalized spacial score (nSPS) is 14.0. The monoisotopic (exact) mass is 549 g/mol. The highest BCUT2D eigenvalue weighted by Gasteiger charge is 2.11. The average molecular weight is 550 g/mol. The first-order valence-electron chi connectivity index (χ1n) is 11.3. The smallest absolute Gasteiger partial charge is 0.251 e. The summed E-state index contributed by atoms with van der Waals surface area (Å²) in [7, 11) is 0. The molecular weight excluding hydrogens is 513 g/mol.